The van der Waals surface area contributed by atoms with Gasteiger partial charge in [0.25, 0.3) is 0 Å². The van der Waals surface area contributed by atoms with Crippen LogP contribution in [-0.2, 0) is 0 Å². The van der Waals surface area contributed by atoms with Gasteiger partial charge >= 0.3 is 0 Å². The maximum absolute atomic E-state index is 8.71. The van der Waals surface area contributed by atoms with Gasteiger partial charge in [0.15, 0.2) is 0 Å². The van der Waals surface area contributed by atoms with E-state index in [9.17, 15) is 0 Å². The first kappa shape index (κ1) is 8.01. The van der Waals surface area contributed by atoms with E-state index in [1.54, 1.807) is 6.20 Å². The fourth-order valence-electron chi connectivity index (χ4n) is 2.69. The fraction of sp³-hybridized carbons (Fsp3) is 0.600. The van der Waals surface area contributed by atoms with Crippen LogP contribution in [0, 0.1) is 17.2 Å². The topological polar surface area (TPSA) is 53.6 Å². The van der Waals surface area contributed by atoms with Crippen molar-refractivity contribution in [3.8, 4) is 6.07 Å². The summed E-state index contributed by atoms with van der Waals surface area (Å²) in [6.45, 7) is 1.16. The van der Waals surface area contributed by atoms with E-state index < -0.39 is 0 Å². The first-order valence-corrected chi connectivity index (χ1v) is 5.04. The highest BCUT2D eigenvalue weighted by molar-refractivity contribution is 5.22. The van der Waals surface area contributed by atoms with Crippen LogP contribution in [0.2, 0.25) is 0 Å². The second-order valence-corrected chi connectivity index (χ2v) is 4.24. The summed E-state index contributed by atoms with van der Waals surface area (Å²) in [5.74, 6) is 0.819. The van der Waals surface area contributed by atoms with Crippen LogP contribution in [-0.4, -0.2) is 22.4 Å². The summed E-state index contributed by atoms with van der Waals surface area (Å²) in [7, 11) is 0. The molecule has 0 aromatic carbocycles. The zero-order valence-electron chi connectivity index (χ0n) is 7.85. The normalized spacial score (nSPS) is 34.6. The number of hydrogen-bond acceptors (Lipinski definition) is 3. The Hall–Kier alpha value is -1.34. The Kier molecular flexibility index (Phi) is 1.62. The Morgan fingerprint density at radius 2 is 2.50 bits per heavy atom. The minimum Gasteiger partial charge on any atom is -0.312 e. The third-order valence-electron chi connectivity index (χ3n) is 3.37. The molecule has 2 heterocycles. The van der Waals surface area contributed by atoms with Gasteiger partial charge in [-0.05, 0) is 25.3 Å². The van der Waals surface area contributed by atoms with Crippen molar-refractivity contribution in [1.29, 1.82) is 5.26 Å². The van der Waals surface area contributed by atoms with E-state index in [4.69, 9.17) is 5.26 Å². The smallest absolute Gasteiger partial charge is 0.102 e. The highest BCUT2D eigenvalue weighted by Crippen LogP contribution is 2.38. The van der Waals surface area contributed by atoms with E-state index >= 15 is 0 Å². The molecule has 0 radical (unpaired) electrons. The molecule has 0 amide bonds. The molecule has 1 N–H and O–H groups in total. The number of hydrogen-bond donors (Lipinski definition) is 1. The van der Waals surface area contributed by atoms with Crippen molar-refractivity contribution in [2.45, 2.75) is 24.9 Å². The van der Waals surface area contributed by atoms with Crippen molar-refractivity contribution in [1.82, 2.24) is 15.1 Å². The summed E-state index contributed by atoms with van der Waals surface area (Å²) >= 11 is 0. The lowest BCUT2D eigenvalue weighted by molar-refractivity contribution is 0.335. The molecule has 1 aliphatic carbocycles. The van der Waals surface area contributed by atoms with Crippen LogP contribution in [0.3, 0.4) is 0 Å². The predicted octanol–water partition coefficient (Wildman–Crippen LogP) is 0.678. The zero-order chi connectivity index (χ0) is 9.54. The molecule has 1 saturated heterocycles. The number of nitrogens with zero attached hydrogens (tertiary/aromatic N) is 3. The van der Waals surface area contributed by atoms with E-state index in [-0.39, 0.29) is 0 Å². The molecule has 72 valence electrons. The molecule has 1 saturated carbocycles. The monoisotopic (exact) mass is 188 g/mol. The number of rotatable bonds is 1. The zero-order valence-corrected chi connectivity index (χ0v) is 7.85. The molecule has 1 aromatic rings. The van der Waals surface area contributed by atoms with Crippen molar-refractivity contribution in [3.63, 3.8) is 0 Å². The van der Waals surface area contributed by atoms with Crippen molar-refractivity contribution >= 4 is 0 Å². The van der Waals surface area contributed by atoms with E-state index in [2.05, 4.69) is 16.5 Å². The molecular weight excluding hydrogens is 176 g/mol. The largest absolute Gasteiger partial charge is 0.312 e. The van der Waals surface area contributed by atoms with Crippen LogP contribution in [0.1, 0.15) is 24.4 Å². The van der Waals surface area contributed by atoms with Crippen molar-refractivity contribution < 1.29 is 0 Å². The molecular formula is C10H12N4. The van der Waals surface area contributed by atoms with Gasteiger partial charge in [-0.2, -0.15) is 10.4 Å². The average Bonchev–Trinajstić information content (AvgIpc) is 2.93. The molecule has 14 heavy (non-hydrogen) atoms. The Morgan fingerprint density at radius 1 is 1.57 bits per heavy atom. The average molecular weight is 188 g/mol. The van der Waals surface area contributed by atoms with Crippen molar-refractivity contribution in [2.75, 3.05) is 6.54 Å². The van der Waals surface area contributed by atoms with Gasteiger partial charge in [-0.15, -0.1) is 0 Å². The molecule has 2 aliphatic rings. The van der Waals surface area contributed by atoms with E-state index in [1.807, 2.05) is 10.9 Å². The molecule has 3 atom stereocenters. The van der Waals surface area contributed by atoms with Gasteiger partial charge in [-0.25, -0.2) is 0 Å². The Balaban J connectivity index is 1.86. The van der Waals surface area contributed by atoms with Crippen molar-refractivity contribution in [2.24, 2.45) is 5.92 Å². The molecule has 2 bridgehead atoms. The molecule has 4 nitrogen and oxygen atoms in total. The maximum Gasteiger partial charge on any atom is 0.102 e. The third-order valence-corrected chi connectivity index (χ3v) is 3.37. The van der Waals surface area contributed by atoms with Crippen LogP contribution >= 0.6 is 0 Å². The molecule has 3 rings (SSSR count). The first-order chi connectivity index (χ1) is 6.86. The number of aromatic nitrogens is 2. The minimum absolute atomic E-state index is 0.468. The van der Waals surface area contributed by atoms with Gasteiger partial charge in [0.2, 0.25) is 0 Å². The van der Waals surface area contributed by atoms with Crippen LogP contribution in [0.15, 0.2) is 12.4 Å². The molecule has 1 aliphatic heterocycles. The summed E-state index contributed by atoms with van der Waals surface area (Å²) in [6, 6.07) is 3.15. The second kappa shape index (κ2) is 2.82. The fourth-order valence-corrected chi connectivity index (χ4v) is 2.69. The van der Waals surface area contributed by atoms with E-state index in [0.29, 0.717) is 17.6 Å². The lowest BCUT2D eigenvalue weighted by Crippen LogP contribution is -2.34. The van der Waals surface area contributed by atoms with E-state index in [0.717, 1.165) is 12.5 Å². The molecule has 2 fully saturated rings. The Bertz CT molecular complexity index is 389. The number of piperidine rings is 1. The van der Waals surface area contributed by atoms with Crippen molar-refractivity contribution in [3.05, 3.63) is 18.0 Å². The summed E-state index contributed by atoms with van der Waals surface area (Å²) in [5.41, 5.74) is 0.660. The van der Waals surface area contributed by atoms with Gasteiger partial charge in [0.1, 0.15) is 6.07 Å². The Labute approximate surface area is 82.5 Å². The summed E-state index contributed by atoms with van der Waals surface area (Å²) in [5, 5.41) is 16.4. The molecule has 0 spiro atoms. The number of nitrogens with one attached hydrogen (secondary N) is 1. The lowest BCUT2D eigenvalue weighted by atomic mass is 10.1. The maximum atomic E-state index is 8.71. The van der Waals surface area contributed by atoms with Gasteiger partial charge < -0.3 is 5.32 Å². The quantitative estimate of drug-likeness (QED) is 0.705. The minimum atomic E-state index is 0.468. The highest BCUT2D eigenvalue weighted by atomic mass is 15.3. The van der Waals surface area contributed by atoms with Crippen LogP contribution in [0.5, 0.6) is 0 Å². The SMILES string of the molecule is N#Cc1cnn(C2CC3CNC2C3)c1. The first-order valence-electron chi connectivity index (χ1n) is 5.04. The number of fused-ring (bicyclic) bond motifs is 2. The van der Waals surface area contributed by atoms with Crippen LogP contribution in [0.4, 0.5) is 0 Å². The predicted molar refractivity (Wildman–Crippen MR) is 50.5 cm³/mol. The second-order valence-electron chi connectivity index (χ2n) is 4.24. The van der Waals surface area contributed by atoms with Gasteiger partial charge in [-0.1, -0.05) is 0 Å². The number of nitriles is 1. The van der Waals surface area contributed by atoms with Crippen LogP contribution in [0.25, 0.3) is 0 Å². The molecule has 4 heteroatoms. The van der Waals surface area contributed by atoms with Crippen LogP contribution < -0.4 is 5.32 Å². The Morgan fingerprint density at radius 3 is 3.07 bits per heavy atom. The third kappa shape index (κ3) is 1.06. The van der Waals surface area contributed by atoms with Gasteiger partial charge in [0.05, 0.1) is 17.8 Å². The molecule has 3 unspecified atom stereocenters. The standard InChI is InChI=1S/C10H12N4/c11-3-8-5-13-14(6-8)10-2-7-1-9(10)12-4-7/h5-7,9-10,12H,1-2,4H2. The van der Waals surface area contributed by atoms with Gasteiger partial charge in [0, 0.05) is 12.2 Å². The lowest BCUT2D eigenvalue weighted by Gasteiger charge is -2.22. The summed E-state index contributed by atoms with van der Waals surface area (Å²) in [4.78, 5) is 0. The highest BCUT2D eigenvalue weighted by Gasteiger charge is 2.40. The molecule has 1 aromatic heterocycles. The van der Waals surface area contributed by atoms with Gasteiger partial charge in [-0.3, -0.25) is 4.68 Å². The summed E-state index contributed by atoms with van der Waals surface area (Å²) < 4.78 is 1.95. The summed E-state index contributed by atoms with van der Waals surface area (Å²) in [6.07, 6.45) is 5.98. The van der Waals surface area contributed by atoms with E-state index in [1.165, 1.54) is 12.8 Å².